The monoisotopic (exact) mass is 469 g/mol. The van der Waals surface area contributed by atoms with E-state index in [2.05, 4.69) is 120 Å². The third kappa shape index (κ3) is 6.25. The molecule has 0 aliphatic carbocycles. The fraction of sp³-hybridized carbons (Fsp3) is 0.276. The summed E-state index contributed by atoms with van der Waals surface area (Å²) in [5, 5.41) is 5.17. The molecule has 0 N–H and O–H groups in total. The minimum atomic E-state index is 0. The van der Waals surface area contributed by atoms with Crippen molar-refractivity contribution in [3.63, 3.8) is 0 Å². The first-order chi connectivity index (χ1) is 13.8. The Balaban J connectivity index is 0.000000591. The zero-order valence-corrected chi connectivity index (χ0v) is 22.1. The molecule has 0 nitrogen and oxygen atoms in total. The summed E-state index contributed by atoms with van der Waals surface area (Å²) in [4.78, 5) is 0. The second-order valence-corrected chi connectivity index (χ2v) is 9.51. The van der Waals surface area contributed by atoms with E-state index in [0.29, 0.717) is 0 Å². The first kappa shape index (κ1) is 24.8. The smallest absolute Gasteiger partial charge is 0 e. The quantitative estimate of drug-likeness (QED) is 0.258. The Kier molecular flexibility index (Phi) is 8.83. The summed E-state index contributed by atoms with van der Waals surface area (Å²) in [5.41, 5.74) is 4.30. The minimum Gasteiger partial charge on any atom is -0.323 e. The van der Waals surface area contributed by atoms with Gasteiger partial charge in [-0.25, -0.2) is 0 Å². The number of rotatable bonds is 2. The SMILES string of the molecule is CC(C)(C)Cc1ccc2ccccc2c1-c1c[c-]cc2ccccc12.C[C-](C)C.[Y]. The van der Waals surface area contributed by atoms with Crippen LogP contribution in [0.5, 0.6) is 0 Å². The molecule has 0 bridgehead atoms. The van der Waals surface area contributed by atoms with Crippen LogP contribution in [0.2, 0.25) is 0 Å². The van der Waals surface area contributed by atoms with Crippen LogP contribution < -0.4 is 0 Å². The van der Waals surface area contributed by atoms with Crippen LogP contribution in [0.3, 0.4) is 0 Å². The van der Waals surface area contributed by atoms with Gasteiger partial charge in [-0.05, 0) is 22.6 Å². The van der Waals surface area contributed by atoms with Crippen LogP contribution >= 0.6 is 0 Å². The summed E-state index contributed by atoms with van der Waals surface area (Å²) in [5.74, 6) is 1.42. The fourth-order valence-electron chi connectivity index (χ4n) is 3.72. The van der Waals surface area contributed by atoms with Crippen molar-refractivity contribution >= 4 is 21.5 Å². The Bertz CT molecular complexity index is 1090. The van der Waals surface area contributed by atoms with Gasteiger partial charge < -0.3 is 5.92 Å². The van der Waals surface area contributed by atoms with Gasteiger partial charge in [0.15, 0.2) is 0 Å². The molecule has 4 aromatic carbocycles. The van der Waals surface area contributed by atoms with E-state index in [1.807, 2.05) is 0 Å². The molecule has 0 saturated carbocycles. The molecule has 0 atom stereocenters. The maximum absolute atomic E-state index is 3.36. The van der Waals surface area contributed by atoms with Crippen LogP contribution in [0.15, 0.2) is 72.8 Å². The first-order valence-corrected chi connectivity index (χ1v) is 10.4. The van der Waals surface area contributed by atoms with E-state index in [9.17, 15) is 0 Å². The van der Waals surface area contributed by atoms with Crippen molar-refractivity contribution in [2.24, 2.45) is 5.41 Å². The molecule has 4 rings (SSSR count). The van der Waals surface area contributed by atoms with Gasteiger partial charge in [0.2, 0.25) is 0 Å². The van der Waals surface area contributed by atoms with Crippen molar-refractivity contribution in [1.82, 2.24) is 0 Å². The second kappa shape index (κ2) is 10.7. The third-order valence-corrected chi connectivity index (χ3v) is 4.72. The van der Waals surface area contributed by atoms with Gasteiger partial charge in [-0.15, -0.1) is 22.4 Å². The normalized spacial score (nSPS) is 11.2. The third-order valence-electron chi connectivity index (χ3n) is 4.72. The van der Waals surface area contributed by atoms with Crippen LogP contribution in [-0.4, -0.2) is 0 Å². The van der Waals surface area contributed by atoms with Gasteiger partial charge in [-0.2, -0.15) is 39.0 Å². The number of hydrogen-bond acceptors (Lipinski definition) is 0. The molecule has 0 saturated heterocycles. The maximum atomic E-state index is 3.36. The molecule has 0 aliphatic heterocycles. The van der Waals surface area contributed by atoms with Crippen molar-refractivity contribution in [3.8, 4) is 11.1 Å². The summed E-state index contributed by atoms with van der Waals surface area (Å²) in [7, 11) is 0. The van der Waals surface area contributed by atoms with Gasteiger partial charge in [0.1, 0.15) is 0 Å². The Morgan fingerprint density at radius 2 is 1.30 bits per heavy atom. The predicted molar refractivity (Wildman–Crippen MR) is 129 cm³/mol. The summed E-state index contributed by atoms with van der Waals surface area (Å²) in [6, 6.07) is 29.5. The molecule has 0 aromatic heterocycles. The molecule has 1 radical (unpaired) electrons. The van der Waals surface area contributed by atoms with Gasteiger partial charge in [-0.3, -0.25) is 0 Å². The van der Waals surface area contributed by atoms with Gasteiger partial charge in [0, 0.05) is 32.7 Å². The number of benzene rings is 4. The minimum absolute atomic E-state index is 0. The standard InChI is InChI=1S/C25H23.C4H9.Y/c1-25(2,3)17-20-16-15-19-10-5-7-13-22(19)24(20)23-14-8-11-18-9-4-6-12-21(18)23;1-4(2)3;/h4-7,9-16H,17H2,1-3H3;1-3H3;/q2*-1;. The molecular weight excluding hydrogens is 437 g/mol. The Morgan fingerprint density at radius 3 is 1.93 bits per heavy atom. The van der Waals surface area contributed by atoms with Gasteiger partial charge >= 0.3 is 0 Å². The van der Waals surface area contributed by atoms with Crippen LogP contribution in [0.25, 0.3) is 32.7 Å². The second-order valence-electron chi connectivity index (χ2n) is 9.51. The fourth-order valence-corrected chi connectivity index (χ4v) is 3.72. The molecule has 30 heavy (non-hydrogen) atoms. The van der Waals surface area contributed by atoms with Crippen molar-refractivity contribution < 1.29 is 32.7 Å². The summed E-state index contributed by atoms with van der Waals surface area (Å²) in [6.07, 6.45) is 1.05. The summed E-state index contributed by atoms with van der Waals surface area (Å²) < 4.78 is 0. The van der Waals surface area contributed by atoms with E-state index in [-0.39, 0.29) is 38.1 Å². The molecular formula is C29H32Y-2. The summed E-state index contributed by atoms with van der Waals surface area (Å²) in [6.45, 7) is 13.2. The van der Waals surface area contributed by atoms with Gasteiger partial charge in [-0.1, -0.05) is 86.5 Å². The van der Waals surface area contributed by atoms with Crippen molar-refractivity contribution in [2.45, 2.75) is 48.0 Å². The van der Waals surface area contributed by atoms with E-state index in [4.69, 9.17) is 0 Å². The molecule has 153 valence electrons. The van der Waals surface area contributed by atoms with Gasteiger partial charge in [0.05, 0.1) is 0 Å². The maximum Gasteiger partial charge on any atom is 0 e. The van der Waals surface area contributed by atoms with Crippen LogP contribution in [0.1, 0.15) is 47.1 Å². The van der Waals surface area contributed by atoms with Gasteiger partial charge in [0.25, 0.3) is 0 Å². The predicted octanol–water partition coefficient (Wildman–Crippen LogP) is 8.67. The van der Waals surface area contributed by atoms with E-state index < -0.39 is 0 Å². The largest absolute Gasteiger partial charge is 0.323 e. The number of fused-ring (bicyclic) bond motifs is 2. The molecule has 0 fully saturated rings. The topological polar surface area (TPSA) is 0 Å². The van der Waals surface area contributed by atoms with E-state index in [1.165, 1.54) is 44.2 Å². The molecule has 1 heteroatoms. The van der Waals surface area contributed by atoms with E-state index in [1.54, 1.807) is 0 Å². The molecule has 0 spiro atoms. The average Bonchev–Trinajstić information content (AvgIpc) is 2.66. The van der Waals surface area contributed by atoms with Crippen LogP contribution in [-0.2, 0) is 39.1 Å². The van der Waals surface area contributed by atoms with Crippen molar-refractivity contribution in [1.29, 1.82) is 0 Å². The molecule has 0 unspecified atom stereocenters. The Morgan fingerprint density at radius 1 is 0.733 bits per heavy atom. The zero-order valence-electron chi connectivity index (χ0n) is 19.2. The molecule has 0 amide bonds. The number of hydrogen-bond donors (Lipinski definition) is 0. The molecule has 0 heterocycles. The molecule has 0 aliphatic rings. The van der Waals surface area contributed by atoms with Crippen molar-refractivity contribution in [2.75, 3.05) is 0 Å². The molecule has 4 aromatic rings. The Labute approximate surface area is 208 Å². The van der Waals surface area contributed by atoms with E-state index in [0.717, 1.165) is 6.42 Å². The van der Waals surface area contributed by atoms with Crippen LogP contribution in [0.4, 0.5) is 0 Å². The van der Waals surface area contributed by atoms with Crippen LogP contribution in [0, 0.1) is 17.4 Å². The van der Waals surface area contributed by atoms with Crippen molar-refractivity contribution in [3.05, 3.63) is 90.3 Å². The summed E-state index contributed by atoms with van der Waals surface area (Å²) >= 11 is 0. The first-order valence-electron chi connectivity index (χ1n) is 10.4. The van der Waals surface area contributed by atoms with E-state index >= 15 is 0 Å². The zero-order chi connectivity index (χ0) is 21.0. The average molecular weight is 469 g/mol. The Hall–Kier alpha value is -1.50.